The van der Waals surface area contributed by atoms with Crippen molar-refractivity contribution < 1.29 is 9.59 Å². The molecule has 0 radical (unpaired) electrons. The van der Waals surface area contributed by atoms with E-state index in [1.807, 2.05) is 0 Å². The van der Waals surface area contributed by atoms with Crippen LogP contribution in [0.5, 0.6) is 0 Å². The fourth-order valence-corrected chi connectivity index (χ4v) is 2.43. The Morgan fingerprint density at radius 2 is 1.67 bits per heavy atom. The number of hydrogen-bond donors (Lipinski definition) is 2. The van der Waals surface area contributed by atoms with Gasteiger partial charge in [0.15, 0.2) is 0 Å². The van der Waals surface area contributed by atoms with E-state index in [1.54, 1.807) is 24.3 Å². The van der Waals surface area contributed by atoms with Crippen LogP contribution in [0.2, 0.25) is 0 Å². The molecule has 0 atom stereocenters. The smallest absolute Gasteiger partial charge is 0.261 e. The number of amides is 2. The Morgan fingerprint density at radius 1 is 1.10 bits per heavy atom. The highest BCUT2D eigenvalue weighted by molar-refractivity contribution is 7.80. The molecule has 1 aromatic rings. The molecule has 0 aliphatic carbocycles. The highest BCUT2D eigenvalue weighted by atomic mass is 32.1. The van der Waals surface area contributed by atoms with E-state index in [0.29, 0.717) is 17.7 Å². The maximum atomic E-state index is 12.2. The van der Waals surface area contributed by atoms with Crippen molar-refractivity contribution in [2.24, 2.45) is 0 Å². The molecule has 1 N–H and O–H groups in total. The summed E-state index contributed by atoms with van der Waals surface area (Å²) in [5.41, 5.74) is 1.06. The second kappa shape index (κ2) is 6.62. The summed E-state index contributed by atoms with van der Waals surface area (Å²) in [7, 11) is 0. The number of imide groups is 1. The Bertz CT molecular complexity index is 508. The van der Waals surface area contributed by atoms with Gasteiger partial charge in [-0.15, -0.1) is 0 Å². The van der Waals surface area contributed by atoms with E-state index in [9.17, 15) is 9.59 Å². The van der Waals surface area contributed by atoms with E-state index in [-0.39, 0.29) is 17.4 Å². The molecule has 0 bridgehead atoms. The summed E-state index contributed by atoms with van der Waals surface area (Å²) in [6, 6.07) is 7.01. The van der Waals surface area contributed by atoms with Gasteiger partial charge < -0.3 is 5.32 Å². The van der Waals surface area contributed by atoms with Gasteiger partial charge >= 0.3 is 0 Å². The van der Waals surface area contributed by atoms with Crippen molar-refractivity contribution >= 4 is 24.4 Å². The molecule has 0 aromatic heterocycles. The van der Waals surface area contributed by atoms with Crippen LogP contribution in [-0.2, 0) is 0 Å². The van der Waals surface area contributed by atoms with Gasteiger partial charge in [-0.2, -0.15) is 12.6 Å². The average Bonchev–Trinajstić information content (AvgIpc) is 2.72. The molecule has 114 valence electrons. The van der Waals surface area contributed by atoms with Gasteiger partial charge in [-0.1, -0.05) is 12.1 Å². The molecular formula is C16H22N2O2S. The molecule has 1 aliphatic rings. The van der Waals surface area contributed by atoms with E-state index in [1.165, 1.54) is 4.90 Å². The van der Waals surface area contributed by atoms with Crippen LogP contribution in [0, 0.1) is 0 Å². The van der Waals surface area contributed by atoms with E-state index in [2.05, 4.69) is 31.8 Å². The molecule has 0 spiro atoms. The molecule has 4 nitrogen and oxygen atoms in total. The highest BCUT2D eigenvalue weighted by Crippen LogP contribution is 2.22. The SMILES string of the molecule is CC(C)(CS)NCCCCN1C(=O)c2ccccc2C1=O. The molecule has 1 aromatic carbocycles. The Balaban J connectivity index is 1.81. The average molecular weight is 306 g/mol. The summed E-state index contributed by atoms with van der Waals surface area (Å²) in [4.78, 5) is 25.7. The number of benzene rings is 1. The van der Waals surface area contributed by atoms with Crippen LogP contribution in [0.1, 0.15) is 47.4 Å². The van der Waals surface area contributed by atoms with Gasteiger partial charge in [-0.25, -0.2) is 0 Å². The minimum absolute atomic E-state index is 0.0125. The lowest BCUT2D eigenvalue weighted by molar-refractivity contribution is 0.0651. The fraction of sp³-hybridized carbons (Fsp3) is 0.500. The first-order valence-corrected chi connectivity index (χ1v) is 7.90. The van der Waals surface area contributed by atoms with Gasteiger partial charge in [0.25, 0.3) is 11.8 Å². The predicted molar refractivity (Wildman–Crippen MR) is 87.0 cm³/mol. The zero-order valence-electron chi connectivity index (χ0n) is 12.6. The van der Waals surface area contributed by atoms with Gasteiger partial charge in [0.2, 0.25) is 0 Å². The number of unbranched alkanes of at least 4 members (excludes halogenated alkanes) is 1. The molecule has 0 unspecified atom stereocenters. The van der Waals surface area contributed by atoms with Crippen molar-refractivity contribution in [3.63, 3.8) is 0 Å². The minimum atomic E-state index is -0.167. The van der Waals surface area contributed by atoms with Crippen molar-refractivity contribution in [3.05, 3.63) is 35.4 Å². The summed E-state index contributed by atoms with van der Waals surface area (Å²) in [5.74, 6) is 0.435. The molecule has 0 fully saturated rings. The second-order valence-corrected chi connectivity index (χ2v) is 6.30. The number of carbonyl (C=O) groups excluding carboxylic acids is 2. The molecule has 2 amide bonds. The van der Waals surface area contributed by atoms with Gasteiger partial charge in [-0.05, 0) is 45.4 Å². The maximum Gasteiger partial charge on any atom is 0.261 e. The number of fused-ring (bicyclic) bond motifs is 1. The van der Waals surface area contributed by atoms with E-state index in [0.717, 1.165) is 25.1 Å². The first kappa shape index (κ1) is 16.0. The van der Waals surface area contributed by atoms with Crippen molar-refractivity contribution in [2.45, 2.75) is 32.2 Å². The van der Waals surface area contributed by atoms with Crippen LogP contribution < -0.4 is 5.32 Å². The lowest BCUT2D eigenvalue weighted by Crippen LogP contribution is -2.41. The van der Waals surface area contributed by atoms with Crippen LogP contribution in [-0.4, -0.2) is 41.1 Å². The summed E-state index contributed by atoms with van der Waals surface area (Å²) >= 11 is 4.29. The Labute approximate surface area is 131 Å². The number of nitrogens with one attached hydrogen (secondary N) is 1. The van der Waals surface area contributed by atoms with Crippen LogP contribution in [0.25, 0.3) is 0 Å². The Hall–Kier alpha value is -1.33. The number of thiol groups is 1. The number of rotatable bonds is 7. The molecule has 5 heteroatoms. The monoisotopic (exact) mass is 306 g/mol. The molecule has 21 heavy (non-hydrogen) atoms. The molecular weight excluding hydrogens is 284 g/mol. The Kier molecular flexibility index (Phi) is 5.06. The quantitative estimate of drug-likeness (QED) is 0.462. The predicted octanol–water partition coefficient (Wildman–Crippen LogP) is 2.36. The zero-order valence-corrected chi connectivity index (χ0v) is 13.5. The van der Waals surface area contributed by atoms with Gasteiger partial charge in [-0.3, -0.25) is 14.5 Å². The normalized spacial score (nSPS) is 14.7. The molecule has 1 aliphatic heterocycles. The molecule has 1 heterocycles. The van der Waals surface area contributed by atoms with Gasteiger partial charge in [0, 0.05) is 17.8 Å². The highest BCUT2D eigenvalue weighted by Gasteiger charge is 2.34. The number of hydrogen-bond acceptors (Lipinski definition) is 4. The zero-order chi connectivity index (χ0) is 15.5. The molecule has 2 rings (SSSR count). The van der Waals surface area contributed by atoms with Crippen LogP contribution in [0.4, 0.5) is 0 Å². The van der Waals surface area contributed by atoms with Crippen molar-refractivity contribution in [2.75, 3.05) is 18.8 Å². The first-order valence-electron chi connectivity index (χ1n) is 7.27. The van der Waals surface area contributed by atoms with Crippen LogP contribution in [0.3, 0.4) is 0 Å². The largest absolute Gasteiger partial charge is 0.311 e. The van der Waals surface area contributed by atoms with E-state index < -0.39 is 0 Å². The third-order valence-corrected chi connectivity index (χ3v) is 4.48. The molecule has 0 saturated carbocycles. The summed E-state index contributed by atoms with van der Waals surface area (Å²) in [6.45, 7) is 5.54. The third-order valence-electron chi connectivity index (χ3n) is 3.69. The van der Waals surface area contributed by atoms with Crippen molar-refractivity contribution in [3.8, 4) is 0 Å². The lowest BCUT2D eigenvalue weighted by atomic mass is 10.1. The van der Waals surface area contributed by atoms with Crippen molar-refractivity contribution in [1.82, 2.24) is 10.2 Å². The standard InChI is InChI=1S/C16H22N2O2S/c1-16(2,11-21)17-9-5-6-10-18-14(19)12-7-3-4-8-13(12)15(18)20/h3-4,7-8,17,21H,5-6,9-11H2,1-2H3. The second-order valence-electron chi connectivity index (χ2n) is 5.98. The maximum absolute atomic E-state index is 12.2. The fourth-order valence-electron chi connectivity index (χ4n) is 2.32. The van der Waals surface area contributed by atoms with Crippen LogP contribution >= 0.6 is 12.6 Å². The van der Waals surface area contributed by atoms with Gasteiger partial charge in [0.05, 0.1) is 11.1 Å². The lowest BCUT2D eigenvalue weighted by Gasteiger charge is -2.24. The van der Waals surface area contributed by atoms with Gasteiger partial charge in [0.1, 0.15) is 0 Å². The van der Waals surface area contributed by atoms with Crippen LogP contribution in [0.15, 0.2) is 24.3 Å². The summed E-state index contributed by atoms with van der Waals surface area (Å²) in [6.07, 6.45) is 1.73. The molecule has 0 saturated heterocycles. The Morgan fingerprint density at radius 3 is 2.19 bits per heavy atom. The first-order chi connectivity index (χ1) is 9.96. The van der Waals surface area contributed by atoms with E-state index in [4.69, 9.17) is 0 Å². The summed E-state index contributed by atoms with van der Waals surface area (Å²) in [5, 5.41) is 3.41. The third kappa shape index (κ3) is 3.66. The topological polar surface area (TPSA) is 49.4 Å². The number of nitrogens with zero attached hydrogens (tertiary/aromatic N) is 1. The summed E-state index contributed by atoms with van der Waals surface area (Å²) < 4.78 is 0. The number of carbonyl (C=O) groups is 2. The van der Waals surface area contributed by atoms with Crippen molar-refractivity contribution in [1.29, 1.82) is 0 Å². The minimum Gasteiger partial charge on any atom is -0.311 e. The van der Waals surface area contributed by atoms with E-state index >= 15 is 0 Å².